The summed E-state index contributed by atoms with van der Waals surface area (Å²) in [6.07, 6.45) is 3.74. The Morgan fingerprint density at radius 3 is 2.53 bits per heavy atom. The highest BCUT2D eigenvalue weighted by Gasteiger charge is 2.22. The maximum absolute atomic E-state index is 6.04. The lowest BCUT2D eigenvalue weighted by atomic mass is 9.89. The second kappa shape index (κ2) is 4.88. The van der Waals surface area contributed by atoms with Gasteiger partial charge in [0, 0.05) is 11.9 Å². The largest absolute Gasteiger partial charge is 0.271 e. The molecule has 1 unspecified atom stereocenters. The number of halogens is 2. The molecule has 0 N–H and O–H groups in total. The van der Waals surface area contributed by atoms with Crippen LogP contribution in [0.15, 0.2) is 6.20 Å². The van der Waals surface area contributed by atoms with Gasteiger partial charge in [0.15, 0.2) is 0 Å². The summed E-state index contributed by atoms with van der Waals surface area (Å²) in [5, 5.41) is 4.90. The Morgan fingerprint density at radius 1 is 1.53 bits per heavy atom. The van der Waals surface area contributed by atoms with E-state index in [2.05, 4.69) is 41.8 Å². The van der Waals surface area contributed by atoms with Gasteiger partial charge in [-0.2, -0.15) is 5.10 Å². The van der Waals surface area contributed by atoms with Crippen molar-refractivity contribution in [3.8, 4) is 0 Å². The van der Waals surface area contributed by atoms with Crippen LogP contribution in [0.5, 0.6) is 0 Å². The molecule has 0 bridgehead atoms. The van der Waals surface area contributed by atoms with Crippen LogP contribution in [0.25, 0.3) is 0 Å². The summed E-state index contributed by atoms with van der Waals surface area (Å²) in [7, 11) is 1.93. The average Bonchev–Trinajstić information content (AvgIpc) is 2.41. The van der Waals surface area contributed by atoms with Crippen LogP contribution in [0.2, 0.25) is 5.02 Å². The van der Waals surface area contributed by atoms with Gasteiger partial charge in [0.1, 0.15) is 0 Å². The molecule has 0 saturated carbocycles. The first kappa shape index (κ1) is 13.0. The van der Waals surface area contributed by atoms with Crippen molar-refractivity contribution >= 4 is 27.5 Å². The van der Waals surface area contributed by atoms with Gasteiger partial charge in [-0.1, -0.05) is 48.3 Å². The second-order valence-corrected chi connectivity index (χ2v) is 6.45. The van der Waals surface area contributed by atoms with Crippen molar-refractivity contribution < 1.29 is 0 Å². The Morgan fingerprint density at radius 2 is 2.13 bits per heavy atom. The molecule has 0 aliphatic carbocycles. The Balaban J connectivity index is 2.58. The number of hydrogen-bond donors (Lipinski definition) is 0. The van der Waals surface area contributed by atoms with Gasteiger partial charge < -0.3 is 0 Å². The molecular formula is C11H18BrClN2. The zero-order valence-corrected chi connectivity index (χ0v) is 12.1. The van der Waals surface area contributed by atoms with E-state index < -0.39 is 0 Å². The maximum atomic E-state index is 6.04. The van der Waals surface area contributed by atoms with Gasteiger partial charge in [0.2, 0.25) is 0 Å². The minimum atomic E-state index is 0.283. The standard InChI is InChI=1S/C11H18BrClN2/c1-11(2,3)10(12)6-5-9-8(13)7-14-15(9)4/h7,10H,5-6H2,1-4H3. The molecule has 0 aliphatic heterocycles. The van der Waals surface area contributed by atoms with Crippen LogP contribution < -0.4 is 0 Å². The molecule has 0 amide bonds. The number of rotatable bonds is 3. The van der Waals surface area contributed by atoms with E-state index in [9.17, 15) is 0 Å². The monoisotopic (exact) mass is 292 g/mol. The van der Waals surface area contributed by atoms with Crippen LogP contribution in [0.1, 0.15) is 32.9 Å². The van der Waals surface area contributed by atoms with E-state index in [0.717, 1.165) is 23.6 Å². The number of aromatic nitrogens is 2. The van der Waals surface area contributed by atoms with Crippen molar-refractivity contribution in [2.24, 2.45) is 12.5 Å². The molecule has 86 valence electrons. The first-order valence-corrected chi connectivity index (χ1v) is 6.42. The fraction of sp³-hybridized carbons (Fsp3) is 0.727. The van der Waals surface area contributed by atoms with E-state index in [-0.39, 0.29) is 5.41 Å². The molecule has 15 heavy (non-hydrogen) atoms. The molecule has 2 nitrogen and oxygen atoms in total. The van der Waals surface area contributed by atoms with Crippen molar-refractivity contribution in [3.63, 3.8) is 0 Å². The van der Waals surface area contributed by atoms with Crippen molar-refractivity contribution in [2.45, 2.75) is 38.4 Å². The lowest BCUT2D eigenvalue weighted by molar-refractivity contribution is 0.384. The van der Waals surface area contributed by atoms with Crippen molar-refractivity contribution in [1.82, 2.24) is 9.78 Å². The van der Waals surface area contributed by atoms with E-state index in [1.54, 1.807) is 6.20 Å². The van der Waals surface area contributed by atoms with Crippen molar-refractivity contribution in [1.29, 1.82) is 0 Å². The molecule has 0 aliphatic rings. The molecule has 0 radical (unpaired) electrons. The van der Waals surface area contributed by atoms with Crippen LogP contribution in [-0.2, 0) is 13.5 Å². The number of nitrogens with zero attached hydrogens (tertiary/aromatic N) is 2. The zero-order chi connectivity index (χ0) is 11.6. The van der Waals surface area contributed by atoms with Crippen molar-refractivity contribution in [3.05, 3.63) is 16.9 Å². The summed E-state index contributed by atoms with van der Waals surface area (Å²) in [5.74, 6) is 0. The fourth-order valence-electron chi connectivity index (χ4n) is 1.41. The molecular weight excluding hydrogens is 275 g/mol. The van der Waals surface area contributed by atoms with Gasteiger partial charge in [0.25, 0.3) is 0 Å². The predicted octanol–water partition coefficient (Wildman–Crippen LogP) is 3.82. The minimum absolute atomic E-state index is 0.283. The predicted molar refractivity (Wildman–Crippen MR) is 68.7 cm³/mol. The first-order valence-electron chi connectivity index (χ1n) is 5.13. The molecule has 0 fully saturated rings. The average molecular weight is 294 g/mol. The van der Waals surface area contributed by atoms with E-state index in [1.165, 1.54) is 0 Å². The molecule has 1 aromatic rings. The SMILES string of the molecule is Cn1ncc(Cl)c1CCC(Br)C(C)(C)C. The van der Waals surface area contributed by atoms with E-state index >= 15 is 0 Å². The number of hydrogen-bond acceptors (Lipinski definition) is 1. The lowest BCUT2D eigenvalue weighted by Gasteiger charge is -2.25. The highest BCUT2D eigenvalue weighted by Crippen LogP contribution is 2.30. The highest BCUT2D eigenvalue weighted by molar-refractivity contribution is 9.09. The molecule has 1 heterocycles. The summed E-state index contributed by atoms with van der Waals surface area (Å²) in [6, 6.07) is 0. The third kappa shape index (κ3) is 3.49. The van der Waals surface area contributed by atoms with Gasteiger partial charge in [0.05, 0.1) is 16.9 Å². The third-order valence-corrected chi connectivity index (χ3v) is 4.73. The number of alkyl halides is 1. The summed E-state index contributed by atoms with van der Waals surface area (Å²) in [6.45, 7) is 6.70. The lowest BCUT2D eigenvalue weighted by Crippen LogP contribution is -2.21. The topological polar surface area (TPSA) is 17.8 Å². The summed E-state index contributed by atoms with van der Waals surface area (Å²) in [4.78, 5) is 0.496. The fourth-order valence-corrected chi connectivity index (χ4v) is 1.90. The molecule has 4 heteroatoms. The van der Waals surface area contributed by atoms with Gasteiger partial charge in [-0.05, 0) is 18.3 Å². The maximum Gasteiger partial charge on any atom is 0.0817 e. The minimum Gasteiger partial charge on any atom is -0.271 e. The molecule has 1 aromatic heterocycles. The van der Waals surface area contributed by atoms with Crippen LogP contribution >= 0.6 is 27.5 Å². The molecule has 0 spiro atoms. The Kier molecular flexibility index (Phi) is 4.24. The van der Waals surface area contributed by atoms with E-state index in [0.29, 0.717) is 4.83 Å². The Hall–Kier alpha value is -0.0200. The summed E-state index contributed by atoms with van der Waals surface area (Å²) >= 11 is 9.76. The van der Waals surface area contributed by atoms with Gasteiger partial charge in [-0.15, -0.1) is 0 Å². The molecule has 0 aromatic carbocycles. The quantitative estimate of drug-likeness (QED) is 0.775. The van der Waals surface area contributed by atoms with E-state index in [4.69, 9.17) is 11.6 Å². The second-order valence-electron chi connectivity index (χ2n) is 4.94. The van der Waals surface area contributed by atoms with Crippen LogP contribution in [0.4, 0.5) is 0 Å². The smallest absolute Gasteiger partial charge is 0.0817 e. The normalized spacial score (nSPS) is 14.3. The zero-order valence-electron chi connectivity index (χ0n) is 9.72. The van der Waals surface area contributed by atoms with Crippen LogP contribution in [0.3, 0.4) is 0 Å². The Bertz CT molecular complexity index is 308. The van der Waals surface area contributed by atoms with Crippen LogP contribution in [0, 0.1) is 5.41 Å². The van der Waals surface area contributed by atoms with Gasteiger partial charge in [-0.25, -0.2) is 0 Å². The van der Waals surface area contributed by atoms with Gasteiger partial charge >= 0.3 is 0 Å². The molecule has 1 rings (SSSR count). The van der Waals surface area contributed by atoms with E-state index in [1.807, 2.05) is 11.7 Å². The van der Waals surface area contributed by atoms with Crippen LogP contribution in [-0.4, -0.2) is 14.6 Å². The van der Waals surface area contributed by atoms with Crippen molar-refractivity contribution in [2.75, 3.05) is 0 Å². The summed E-state index contributed by atoms with van der Waals surface area (Å²) in [5.41, 5.74) is 1.40. The summed E-state index contributed by atoms with van der Waals surface area (Å²) < 4.78 is 1.85. The molecule has 1 atom stereocenters. The Labute approximate surface area is 105 Å². The van der Waals surface area contributed by atoms with Gasteiger partial charge in [-0.3, -0.25) is 4.68 Å². The third-order valence-electron chi connectivity index (χ3n) is 2.58. The first-order chi connectivity index (χ1) is 6.82. The highest BCUT2D eigenvalue weighted by atomic mass is 79.9. The number of aryl methyl sites for hydroxylation is 1. The molecule has 0 saturated heterocycles.